The number of fused-ring (bicyclic) bond motifs is 2. The van der Waals surface area contributed by atoms with Crippen LogP contribution >= 0.6 is 0 Å². The van der Waals surface area contributed by atoms with Gasteiger partial charge in [0.2, 0.25) is 0 Å². The van der Waals surface area contributed by atoms with Crippen molar-refractivity contribution >= 4 is 24.1 Å². The molecule has 0 heterocycles. The zero-order valence-corrected chi connectivity index (χ0v) is 24.8. The van der Waals surface area contributed by atoms with Crippen LogP contribution in [-0.2, 0) is 22.4 Å². The van der Waals surface area contributed by atoms with Crippen molar-refractivity contribution in [3.63, 3.8) is 0 Å². The van der Waals surface area contributed by atoms with E-state index in [1.165, 1.54) is 0 Å². The predicted octanol–water partition coefficient (Wildman–Crippen LogP) is 3.55. The molecule has 0 radical (unpaired) electrons. The van der Waals surface area contributed by atoms with E-state index >= 15 is 0 Å². The fraction of sp³-hybridized carbons (Fsp3) is 0.304. The zero-order valence-electron chi connectivity index (χ0n) is 16.5. The molecule has 6 heteroatoms. The van der Waals surface area contributed by atoms with E-state index in [-0.39, 0.29) is 73.8 Å². The Bertz CT molecular complexity index is 964. The molecule has 4 nitrogen and oxygen atoms in total. The van der Waals surface area contributed by atoms with Crippen LogP contribution in [0, 0.1) is 76.1 Å². The summed E-state index contributed by atoms with van der Waals surface area (Å²) in [6.45, 7) is 3.81. The van der Waals surface area contributed by atoms with E-state index in [9.17, 15) is 19.2 Å². The van der Waals surface area contributed by atoms with Gasteiger partial charge in [-0.15, -0.1) is 34.4 Å². The van der Waals surface area contributed by atoms with Gasteiger partial charge in [-0.25, -0.2) is 0 Å². The van der Waals surface area contributed by atoms with Crippen LogP contribution in [0.2, 0.25) is 0 Å². The van der Waals surface area contributed by atoms with Crippen molar-refractivity contribution in [1.82, 2.24) is 0 Å². The molecule has 146 valence electrons. The average molecular weight is 836 g/mol. The SMILES string of the molecule is Cc1ccc([C-]=O)c2c1C(=O)CC2.Cc1ccc([C-]=O)c2c1C(=O)CCC2.[U].[U]. The van der Waals surface area contributed by atoms with E-state index < -0.39 is 0 Å². The van der Waals surface area contributed by atoms with E-state index in [0.717, 1.165) is 46.2 Å². The smallest absolute Gasteiger partial charge is 0.151 e. The van der Waals surface area contributed by atoms with Gasteiger partial charge in [0, 0.05) is 75.1 Å². The van der Waals surface area contributed by atoms with Crippen molar-refractivity contribution in [2.45, 2.75) is 46.0 Å². The molecule has 0 aromatic heterocycles. The van der Waals surface area contributed by atoms with Crippen LogP contribution in [0.3, 0.4) is 0 Å². The molecule has 0 bridgehead atoms. The summed E-state index contributed by atoms with van der Waals surface area (Å²) in [7, 11) is 0. The van der Waals surface area contributed by atoms with Crippen LogP contribution in [0.5, 0.6) is 0 Å². The first-order valence-corrected chi connectivity index (χ1v) is 9.05. The molecule has 0 aliphatic heterocycles. The Hall–Kier alpha value is -0.776. The van der Waals surface area contributed by atoms with Gasteiger partial charge in [0.1, 0.15) is 0 Å². The van der Waals surface area contributed by atoms with Crippen molar-refractivity contribution in [3.05, 3.63) is 68.8 Å². The maximum Gasteiger partial charge on any atom is 0.151 e. The molecule has 2 aromatic rings. The second kappa shape index (κ2) is 11.6. The van der Waals surface area contributed by atoms with Gasteiger partial charge in [-0.05, 0) is 25.0 Å². The first-order valence-electron chi connectivity index (χ1n) is 9.05. The topological polar surface area (TPSA) is 68.3 Å². The number of hydrogen-bond donors (Lipinski definition) is 0. The van der Waals surface area contributed by atoms with Crippen LogP contribution < -0.4 is 0 Å². The fourth-order valence-electron chi connectivity index (χ4n) is 3.93. The molecular weight excluding hydrogens is 816 g/mol. The summed E-state index contributed by atoms with van der Waals surface area (Å²) in [6.07, 6.45) is 7.29. The number of Topliss-reactive ketones (excluding diaryl/α,β-unsaturated/α-hetero) is 2. The summed E-state index contributed by atoms with van der Waals surface area (Å²) in [5, 5.41) is 0. The van der Waals surface area contributed by atoms with Gasteiger partial charge >= 0.3 is 0 Å². The monoisotopic (exact) mass is 836 g/mol. The van der Waals surface area contributed by atoms with Crippen molar-refractivity contribution in [3.8, 4) is 0 Å². The molecule has 0 fully saturated rings. The second-order valence-corrected chi connectivity index (χ2v) is 6.97. The number of carbonyl (C=O) groups is 2. The Kier molecular flexibility index (Phi) is 10.5. The largest absolute Gasteiger partial charge is 0.376 e. The predicted molar refractivity (Wildman–Crippen MR) is 102 cm³/mol. The number of hydrogen-bond acceptors (Lipinski definition) is 4. The van der Waals surface area contributed by atoms with Gasteiger partial charge in [-0.3, -0.25) is 9.59 Å². The number of aryl methyl sites for hydroxylation is 2. The minimum absolute atomic E-state index is 0. The third-order valence-electron chi connectivity index (χ3n) is 5.25. The first-order chi connectivity index (χ1) is 13.0. The summed E-state index contributed by atoms with van der Waals surface area (Å²) in [5.41, 5.74) is 6.35. The minimum Gasteiger partial charge on any atom is -0.376 e. The van der Waals surface area contributed by atoms with Crippen molar-refractivity contribution in [2.75, 3.05) is 0 Å². The summed E-state index contributed by atoms with van der Waals surface area (Å²) >= 11 is 0. The van der Waals surface area contributed by atoms with Crippen molar-refractivity contribution in [2.24, 2.45) is 0 Å². The number of ketones is 2. The van der Waals surface area contributed by atoms with Gasteiger partial charge in [0.05, 0.1) is 12.6 Å². The molecule has 29 heavy (non-hydrogen) atoms. The van der Waals surface area contributed by atoms with Gasteiger partial charge < -0.3 is 9.59 Å². The van der Waals surface area contributed by atoms with E-state index in [4.69, 9.17) is 0 Å². The van der Waals surface area contributed by atoms with E-state index in [1.807, 2.05) is 38.6 Å². The standard InChI is InChI=1S/C12H11O2.C11H9O2.2U/c1-8-5-6-9(7-13)10-3-2-4-11(14)12(8)10;1-7-2-3-8(6-12)9-4-5-10(13)11(7)9;;/h5-6H,2-4H2,1H3;2-3H,4-5H2,1H3;;/q2*-1;;. The Morgan fingerprint density at radius 1 is 0.655 bits per heavy atom. The number of benzene rings is 2. The molecule has 0 N–H and O–H groups in total. The molecule has 2 aliphatic rings. The molecule has 4 rings (SSSR count). The average Bonchev–Trinajstić information content (AvgIpc) is 3.06. The maximum atomic E-state index is 11.6. The van der Waals surface area contributed by atoms with Crippen LogP contribution in [0.25, 0.3) is 0 Å². The Labute approximate surface area is 218 Å². The summed E-state index contributed by atoms with van der Waals surface area (Å²) in [4.78, 5) is 44.3. The Morgan fingerprint density at radius 3 is 1.59 bits per heavy atom. The van der Waals surface area contributed by atoms with Crippen LogP contribution in [-0.4, -0.2) is 24.1 Å². The number of carbonyl (C=O) groups excluding carboxylic acids is 4. The van der Waals surface area contributed by atoms with Crippen LogP contribution in [0.1, 0.15) is 73.4 Å². The van der Waals surface area contributed by atoms with Crippen LogP contribution in [0.15, 0.2) is 24.3 Å². The van der Waals surface area contributed by atoms with Gasteiger partial charge in [0.25, 0.3) is 0 Å². The van der Waals surface area contributed by atoms with Crippen molar-refractivity contribution in [1.29, 1.82) is 0 Å². The molecule has 0 atom stereocenters. The minimum atomic E-state index is 0. The zero-order chi connectivity index (χ0) is 19.6. The normalized spacial score (nSPS) is 13.7. The molecule has 0 unspecified atom stereocenters. The quantitative estimate of drug-likeness (QED) is 0.435. The molecule has 0 saturated heterocycles. The summed E-state index contributed by atoms with van der Waals surface area (Å²) in [6, 6.07) is 7.12. The van der Waals surface area contributed by atoms with Gasteiger partial charge in [-0.2, -0.15) is 12.1 Å². The first kappa shape index (κ1) is 26.3. The Morgan fingerprint density at radius 2 is 1.10 bits per heavy atom. The third-order valence-corrected chi connectivity index (χ3v) is 5.25. The second-order valence-electron chi connectivity index (χ2n) is 6.97. The van der Waals surface area contributed by atoms with E-state index in [2.05, 4.69) is 0 Å². The fourth-order valence-corrected chi connectivity index (χ4v) is 3.93. The third kappa shape index (κ3) is 5.48. The summed E-state index contributed by atoms with van der Waals surface area (Å²) < 4.78 is 0. The van der Waals surface area contributed by atoms with Gasteiger partial charge in [0.15, 0.2) is 11.6 Å². The Balaban J connectivity index is 0.000000272. The molecule has 0 amide bonds. The maximum absolute atomic E-state index is 11.6. The molecule has 2 aromatic carbocycles. The van der Waals surface area contributed by atoms with E-state index in [0.29, 0.717) is 30.4 Å². The molecule has 0 spiro atoms. The van der Waals surface area contributed by atoms with Crippen LogP contribution in [0.4, 0.5) is 0 Å². The summed E-state index contributed by atoms with van der Waals surface area (Å²) in [5.74, 6) is 0.324. The molecule has 0 saturated carbocycles. The van der Waals surface area contributed by atoms with Crippen molar-refractivity contribution < 1.29 is 81.4 Å². The van der Waals surface area contributed by atoms with Gasteiger partial charge in [-0.1, -0.05) is 30.4 Å². The van der Waals surface area contributed by atoms with E-state index in [1.54, 1.807) is 12.1 Å². The molecular formula is C23H20O4U2-2. The number of rotatable bonds is 2. The molecule has 2 aliphatic carbocycles.